The number of ether oxygens (including phenoxy) is 1. The number of aliphatic carboxylic acids is 1. The van der Waals surface area contributed by atoms with Gasteiger partial charge in [-0.3, -0.25) is 9.59 Å². The number of benzene rings is 1. The summed E-state index contributed by atoms with van der Waals surface area (Å²) in [5.41, 5.74) is 0.496. The minimum atomic E-state index is -0.941. The van der Waals surface area contributed by atoms with Crippen molar-refractivity contribution in [2.24, 2.45) is 0 Å². The average Bonchev–Trinajstić information content (AvgIpc) is 3.03. The number of hydrogen-bond donors (Lipinski definition) is 1. The second-order valence-corrected chi connectivity index (χ2v) is 5.71. The third-order valence-corrected chi connectivity index (χ3v) is 3.96. The van der Waals surface area contributed by atoms with Gasteiger partial charge in [0.25, 0.3) is 0 Å². The van der Waals surface area contributed by atoms with Crippen LogP contribution in [0.4, 0.5) is 4.39 Å². The Balaban J connectivity index is 1.91. The number of carboxylic acids is 1. The van der Waals surface area contributed by atoms with E-state index in [2.05, 4.69) is 0 Å². The summed E-state index contributed by atoms with van der Waals surface area (Å²) in [6.45, 7) is 1.25. The zero-order valence-corrected chi connectivity index (χ0v) is 13.0. The fraction of sp³-hybridized carbons (Fsp3) is 0.529. The molecular weight excluding hydrogens is 301 g/mol. The Morgan fingerprint density at radius 3 is 2.74 bits per heavy atom. The van der Waals surface area contributed by atoms with Gasteiger partial charge in [-0.1, -0.05) is 18.2 Å². The SMILES string of the molecule is O=C(O)CCN(C[C@@H]1CCCO1)C(=O)CCc1ccccc1F. The molecule has 1 aliphatic rings. The maximum absolute atomic E-state index is 13.6. The summed E-state index contributed by atoms with van der Waals surface area (Å²) >= 11 is 0. The second-order valence-electron chi connectivity index (χ2n) is 5.71. The maximum atomic E-state index is 13.6. The molecule has 2 rings (SSSR count). The van der Waals surface area contributed by atoms with E-state index < -0.39 is 5.97 Å². The number of rotatable bonds is 8. The van der Waals surface area contributed by atoms with Crippen molar-refractivity contribution >= 4 is 11.9 Å². The summed E-state index contributed by atoms with van der Waals surface area (Å²) < 4.78 is 19.1. The molecule has 126 valence electrons. The van der Waals surface area contributed by atoms with Crippen LogP contribution in [-0.4, -0.2) is 47.7 Å². The standard InChI is InChI=1S/C17H22FNO4/c18-15-6-2-1-4-13(15)7-8-16(20)19(10-9-17(21)22)12-14-5-3-11-23-14/h1-2,4,6,14H,3,5,7-12H2,(H,21,22)/t14-/m0/s1. The second kappa shape index (κ2) is 8.62. The number of halogens is 1. The van der Waals surface area contributed by atoms with E-state index in [0.717, 1.165) is 12.8 Å². The predicted molar refractivity (Wildman–Crippen MR) is 82.5 cm³/mol. The first kappa shape index (κ1) is 17.4. The lowest BCUT2D eigenvalue weighted by Gasteiger charge is -2.25. The smallest absolute Gasteiger partial charge is 0.305 e. The van der Waals surface area contributed by atoms with Gasteiger partial charge in [-0.05, 0) is 30.9 Å². The van der Waals surface area contributed by atoms with Gasteiger partial charge in [0.05, 0.1) is 12.5 Å². The minimum Gasteiger partial charge on any atom is -0.481 e. The van der Waals surface area contributed by atoms with Crippen LogP contribution in [-0.2, 0) is 20.7 Å². The Morgan fingerprint density at radius 2 is 2.09 bits per heavy atom. The van der Waals surface area contributed by atoms with E-state index in [0.29, 0.717) is 25.1 Å². The van der Waals surface area contributed by atoms with Crippen LogP contribution in [0.15, 0.2) is 24.3 Å². The molecule has 0 radical (unpaired) electrons. The van der Waals surface area contributed by atoms with E-state index >= 15 is 0 Å². The summed E-state index contributed by atoms with van der Waals surface area (Å²) in [6, 6.07) is 6.37. The van der Waals surface area contributed by atoms with Crippen molar-refractivity contribution < 1.29 is 23.8 Å². The lowest BCUT2D eigenvalue weighted by Crippen LogP contribution is -2.38. The summed E-state index contributed by atoms with van der Waals surface area (Å²) in [7, 11) is 0. The quantitative estimate of drug-likeness (QED) is 0.797. The molecule has 1 aromatic rings. The molecule has 1 N–H and O–H groups in total. The van der Waals surface area contributed by atoms with Crippen molar-refractivity contribution in [1.82, 2.24) is 4.90 Å². The molecule has 1 aliphatic heterocycles. The van der Waals surface area contributed by atoms with Gasteiger partial charge >= 0.3 is 5.97 Å². The fourth-order valence-corrected chi connectivity index (χ4v) is 2.68. The highest BCUT2D eigenvalue weighted by Gasteiger charge is 2.23. The molecule has 0 spiro atoms. The number of hydrogen-bond acceptors (Lipinski definition) is 3. The van der Waals surface area contributed by atoms with Crippen molar-refractivity contribution in [3.8, 4) is 0 Å². The van der Waals surface area contributed by atoms with E-state index in [4.69, 9.17) is 9.84 Å². The van der Waals surface area contributed by atoms with E-state index in [1.807, 2.05) is 0 Å². The first-order valence-corrected chi connectivity index (χ1v) is 7.91. The molecule has 0 saturated carbocycles. The molecule has 1 aromatic carbocycles. The number of carboxylic acid groups (broad SMARTS) is 1. The van der Waals surface area contributed by atoms with Crippen LogP contribution < -0.4 is 0 Å². The number of amides is 1. The molecule has 1 fully saturated rings. The maximum Gasteiger partial charge on any atom is 0.305 e. The summed E-state index contributed by atoms with van der Waals surface area (Å²) in [4.78, 5) is 24.7. The lowest BCUT2D eigenvalue weighted by molar-refractivity contribution is -0.139. The topological polar surface area (TPSA) is 66.8 Å². The highest BCUT2D eigenvalue weighted by atomic mass is 19.1. The van der Waals surface area contributed by atoms with Crippen LogP contribution in [0.25, 0.3) is 0 Å². The van der Waals surface area contributed by atoms with Crippen LogP contribution in [0.1, 0.15) is 31.2 Å². The van der Waals surface area contributed by atoms with Crippen LogP contribution in [0, 0.1) is 5.82 Å². The third kappa shape index (κ3) is 5.63. The Kier molecular flexibility index (Phi) is 6.52. The Hall–Kier alpha value is -1.95. The normalized spacial score (nSPS) is 17.2. The van der Waals surface area contributed by atoms with Crippen LogP contribution in [0.2, 0.25) is 0 Å². The van der Waals surface area contributed by atoms with Gasteiger partial charge in [-0.15, -0.1) is 0 Å². The van der Waals surface area contributed by atoms with Gasteiger partial charge in [-0.25, -0.2) is 4.39 Å². The molecule has 0 aromatic heterocycles. The molecular formula is C17H22FNO4. The van der Waals surface area contributed by atoms with Crippen LogP contribution in [0.3, 0.4) is 0 Å². The average molecular weight is 323 g/mol. The molecule has 23 heavy (non-hydrogen) atoms. The first-order valence-electron chi connectivity index (χ1n) is 7.91. The molecule has 0 aliphatic carbocycles. The number of carbonyl (C=O) groups excluding carboxylic acids is 1. The molecule has 1 saturated heterocycles. The Bertz CT molecular complexity index is 543. The van der Waals surface area contributed by atoms with Gasteiger partial charge in [0.1, 0.15) is 5.82 Å². The molecule has 1 heterocycles. The molecule has 1 atom stereocenters. The van der Waals surface area contributed by atoms with Gasteiger partial charge in [-0.2, -0.15) is 0 Å². The van der Waals surface area contributed by atoms with Crippen LogP contribution >= 0.6 is 0 Å². The van der Waals surface area contributed by atoms with Gasteiger partial charge < -0.3 is 14.7 Å². The van der Waals surface area contributed by atoms with E-state index in [-0.39, 0.29) is 37.2 Å². The van der Waals surface area contributed by atoms with Crippen molar-refractivity contribution in [3.05, 3.63) is 35.6 Å². The highest BCUT2D eigenvalue weighted by Crippen LogP contribution is 2.15. The van der Waals surface area contributed by atoms with E-state index in [1.54, 1.807) is 18.2 Å². The van der Waals surface area contributed by atoms with Gasteiger partial charge in [0, 0.05) is 26.1 Å². The lowest BCUT2D eigenvalue weighted by atomic mass is 10.1. The van der Waals surface area contributed by atoms with Crippen molar-refractivity contribution in [2.45, 2.75) is 38.2 Å². The predicted octanol–water partition coefficient (Wildman–Crippen LogP) is 2.24. The molecule has 5 nitrogen and oxygen atoms in total. The van der Waals surface area contributed by atoms with Crippen molar-refractivity contribution in [1.29, 1.82) is 0 Å². The summed E-state index contributed by atoms with van der Waals surface area (Å²) in [6.07, 6.45) is 2.18. The molecule has 1 amide bonds. The number of nitrogens with zero attached hydrogens (tertiary/aromatic N) is 1. The largest absolute Gasteiger partial charge is 0.481 e. The molecule has 0 bridgehead atoms. The van der Waals surface area contributed by atoms with Crippen LogP contribution in [0.5, 0.6) is 0 Å². The minimum absolute atomic E-state index is 0.0267. The molecule has 6 heteroatoms. The molecule has 0 unspecified atom stereocenters. The zero-order chi connectivity index (χ0) is 16.7. The number of carbonyl (C=O) groups is 2. The van der Waals surface area contributed by atoms with E-state index in [9.17, 15) is 14.0 Å². The van der Waals surface area contributed by atoms with E-state index in [1.165, 1.54) is 11.0 Å². The van der Waals surface area contributed by atoms with Gasteiger partial charge in [0.15, 0.2) is 0 Å². The zero-order valence-electron chi connectivity index (χ0n) is 13.0. The summed E-state index contributed by atoms with van der Waals surface area (Å²) in [5, 5.41) is 8.83. The first-order chi connectivity index (χ1) is 11.1. The van der Waals surface area contributed by atoms with Gasteiger partial charge in [0.2, 0.25) is 5.91 Å². The fourth-order valence-electron chi connectivity index (χ4n) is 2.68. The number of aryl methyl sites for hydroxylation is 1. The monoisotopic (exact) mass is 323 g/mol. The van der Waals surface area contributed by atoms with Crippen molar-refractivity contribution in [2.75, 3.05) is 19.7 Å². The third-order valence-electron chi connectivity index (χ3n) is 3.96. The summed E-state index contributed by atoms with van der Waals surface area (Å²) in [5.74, 6) is -1.43. The highest BCUT2D eigenvalue weighted by molar-refractivity contribution is 5.77. The Morgan fingerprint density at radius 1 is 1.30 bits per heavy atom. The Labute approximate surface area is 135 Å². The van der Waals surface area contributed by atoms with Crippen molar-refractivity contribution in [3.63, 3.8) is 0 Å².